The highest BCUT2D eigenvalue weighted by molar-refractivity contribution is 5.74. The maximum Gasteiger partial charge on any atom is 0.230 e. The first-order chi connectivity index (χ1) is 9.11. The Balaban J connectivity index is 1.86. The highest BCUT2D eigenvalue weighted by atomic mass is 16.5. The van der Waals surface area contributed by atoms with E-state index in [-0.39, 0.29) is 5.91 Å². The van der Waals surface area contributed by atoms with Crippen molar-refractivity contribution in [2.24, 2.45) is 5.92 Å². The first-order valence-electron chi connectivity index (χ1n) is 7.23. The molecule has 1 aromatic heterocycles. The van der Waals surface area contributed by atoms with Gasteiger partial charge in [-0.1, -0.05) is 31.3 Å². The van der Waals surface area contributed by atoms with Crippen molar-refractivity contribution in [1.29, 1.82) is 0 Å². The lowest BCUT2D eigenvalue weighted by molar-refractivity contribution is -0.121. The van der Waals surface area contributed by atoms with E-state index in [0.29, 0.717) is 17.7 Å². The summed E-state index contributed by atoms with van der Waals surface area (Å²) in [5.74, 6) is 2.48. The average molecular weight is 263 g/mol. The number of aromatic nitrogens is 2. The van der Waals surface area contributed by atoms with Crippen molar-refractivity contribution in [2.75, 3.05) is 0 Å². The van der Waals surface area contributed by atoms with Crippen LogP contribution >= 0.6 is 0 Å². The molecule has 1 amide bonds. The predicted molar refractivity (Wildman–Crippen MR) is 69.4 cm³/mol. The van der Waals surface area contributed by atoms with Crippen molar-refractivity contribution in [3.05, 3.63) is 11.7 Å². The van der Waals surface area contributed by atoms with Crippen LogP contribution in [0.4, 0.5) is 0 Å². The minimum atomic E-state index is -0.399. The van der Waals surface area contributed by atoms with Gasteiger partial charge in [0.2, 0.25) is 11.8 Å². The number of amides is 1. The number of carbonyl (C=O) groups excluding carboxylic acids is 1. The van der Waals surface area contributed by atoms with Crippen molar-refractivity contribution < 1.29 is 9.32 Å². The van der Waals surface area contributed by atoms with Crippen LogP contribution in [0.2, 0.25) is 0 Å². The molecule has 0 aliphatic heterocycles. The van der Waals surface area contributed by atoms with Gasteiger partial charge in [0, 0.05) is 12.8 Å². The Morgan fingerprint density at radius 2 is 2.05 bits per heavy atom. The second kappa shape index (κ2) is 4.62. The van der Waals surface area contributed by atoms with Crippen LogP contribution in [-0.4, -0.2) is 16.0 Å². The summed E-state index contributed by atoms with van der Waals surface area (Å²) in [4.78, 5) is 16.1. The molecule has 0 unspecified atom stereocenters. The molecule has 0 radical (unpaired) electrons. The van der Waals surface area contributed by atoms with Gasteiger partial charge in [0.25, 0.3) is 0 Å². The summed E-state index contributed by atoms with van der Waals surface area (Å²) in [5, 5.41) is 7.23. The Labute approximate surface area is 113 Å². The lowest BCUT2D eigenvalue weighted by atomic mass is 9.81. The van der Waals surface area contributed by atoms with Crippen molar-refractivity contribution in [3.63, 3.8) is 0 Å². The SMILES string of the molecule is CC(=O)NC1(c2noc([C@H]3C[C@@H]3C)n2)CCCCC1. The van der Waals surface area contributed by atoms with Crippen molar-refractivity contribution in [1.82, 2.24) is 15.5 Å². The first-order valence-corrected chi connectivity index (χ1v) is 7.23. The van der Waals surface area contributed by atoms with Crippen LogP contribution in [0.5, 0.6) is 0 Å². The topological polar surface area (TPSA) is 68.0 Å². The first kappa shape index (κ1) is 12.6. The molecule has 1 heterocycles. The van der Waals surface area contributed by atoms with Gasteiger partial charge in [-0.25, -0.2) is 0 Å². The van der Waals surface area contributed by atoms with Crippen molar-refractivity contribution >= 4 is 5.91 Å². The third-order valence-electron chi connectivity index (χ3n) is 4.42. The normalized spacial score (nSPS) is 28.9. The van der Waals surface area contributed by atoms with Crippen LogP contribution in [0.25, 0.3) is 0 Å². The Morgan fingerprint density at radius 1 is 1.37 bits per heavy atom. The van der Waals surface area contributed by atoms with Crippen molar-refractivity contribution in [3.8, 4) is 0 Å². The quantitative estimate of drug-likeness (QED) is 0.909. The van der Waals surface area contributed by atoms with Gasteiger partial charge in [0.1, 0.15) is 5.54 Å². The van der Waals surface area contributed by atoms with Crippen LogP contribution in [-0.2, 0) is 10.3 Å². The lowest BCUT2D eigenvalue weighted by Gasteiger charge is -2.34. The second-order valence-corrected chi connectivity index (χ2v) is 6.10. The summed E-state index contributed by atoms with van der Waals surface area (Å²) < 4.78 is 5.41. The average Bonchev–Trinajstić information content (AvgIpc) is 2.92. The largest absolute Gasteiger partial charge is 0.343 e. The molecule has 2 saturated carbocycles. The highest BCUT2D eigenvalue weighted by Crippen LogP contribution is 2.47. The van der Waals surface area contributed by atoms with Gasteiger partial charge in [-0.05, 0) is 25.2 Å². The molecule has 2 aliphatic rings. The molecule has 5 heteroatoms. The van der Waals surface area contributed by atoms with Gasteiger partial charge in [-0.2, -0.15) is 4.98 Å². The van der Waals surface area contributed by atoms with Crippen LogP contribution in [0.1, 0.15) is 70.0 Å². The summed E-state index contributed by atoms with van der Waals surface area (Å²) in [5.41, 5.74) is -0.399. The number of nitrogens with zero attached hydrogens (tertiary/aromatic N) is 2. The molecule has 0 bridgehead atoms. The maximum absolute atomic E-state index is 11.5. The summed E-state index contributed by atoms with van der Waals surface area (Å²) in [6, 6.07) is 0. The van der Waals surface area contributed by atoms with E-state index in [4.69, 9.17) is 4.52 Å². The Hall–Kier alpha value is -1.39. The maximum atomic E-state index is 11.5. The lowest BCUT2D eigenvalue weighted by Crippen LogP contribution is -2.47. The van der Waals surface area contributed by atoms with Crippen LogP contribution in [0.3, 0.4) is 0 Å². The smallest absolute Gasteiger partial charge is 0.230 e. The van der Waals surface area contributed by atoms with Crippen LogP contribution in [0, 0.1) is 5.92 Å². The van der Waals surface area contributed by atoms with E-state index < -0.39 is 5.54 Å². The number of hydrogen-bond acceptors (Lipinski definition) is 4. The highest BCUT2D eigenvalue weighted by Gasteiger charge is 2.43. The zero-order valence-corrected chi connectivity index (χ0v) is 11.6. The molecule has 19 heavy (non-hydrogen) atoms. The molecule has 2 atom stereocenters. The summed E-state index contributed by atoms with van der Waals surface area (Å²) in [6.45, 7) is 3.75. The molecular formula is C14H21N3O2. The molecule has 2 aliphatic carbocycles. The van der Waals surface area contributed by atoms with Gasteiger partial charge in [0.05, 0.1) is 0 Å². The van der Waals surface area contributed by atoms with Gasteiger partial charge < -0.3 is 9.84 Å². The third kappa shape index (κ3) is 2.38. The molecule has 0 aromatic carbocycles. The Kier molecular flexibility index (Phi) is 3.07. The predicted octanol–water partition coefficient (Wildman–Crippen LogP) is 2.49. The fourth-order valence-electron chi connectivity index (χ4n) is 3.14. The molecule has 1 aromatic rings. The molecular weight excluding hydrogens is 242 g/mol. The summed E-state index contributed by atoms with van der Waals surface area (Å²) in [6.07, 6.45) is 6.37. The molecule has 0 saturated heterocycles. The number of rotatable bonds is 3. The third-order valence-corrected chi connectivity index (χ3v) is 4.42. The van der Waals surface area contributed by atoms with Gasteiger partial charge >= 0.3 is 0 Å². The molecule has 1 N–H and O–H groups in total. The second-order valence-electron chi connectivity index (χ2n) is 6.10. The fourth-order valence-corrected chi connectivity index (χ4v) is 3.14. The standard InChI is InChI=1S/C14H21N3O2/c1-9-8-11(9)12-15-13(17-19-12)14(16-10(2)18)6-4-3-5-7-14/h9,11H,3-8H2,1-2H3,(H,16,18)/t9-,11-/m0/s1. The van der Waals surface area contributed by atoms with Gasteiger partial charge in [0.15, 0.2) is 5.82 Å². The zero-order chi connectivity index (χ0) is 13.5. The minimum absolute atomic E-state index is 0.0203. The molecule has 104 valence electrons. The van der Waals surface area contributed by atoms with E-state index in [1.165, 1.54) is 6.42 Å². The van der Waals surface area contributed by atoms with E-state index >= 15 is 0 Å². The molecule has 0 spiro atoms. The molecule has 5 nitrogen and oxygen atoms in total. The Bertz CT molecular complexity index is 477. The monoisotopic (exact) mass is 263 g/mol. The minimum Gasteiger partial charge on any atom is -0.343 e. The summed E-state index contributed by atoms with van der Waals surface area (Å²) in [7, 11) is 0. The number of hydrogen-bond donors (Lipinski definition) is 1. The van der Waals surface area contributed by atoms with E-state index in [1.807, 2.05) is 0 Å². The van der Waals surface area contributed by atoms with Crippen molar-refractivity contribution in [2.45, 2.75) is 63.8 Å². The van der Waals surface area contributed by atoms with Gasteiger partial charge in [-0.15, -0.1) is 0 Å². The van der Waals surface area contributed by atoms with Crippen LogP contribution < -0.4 is 5.32 Å². The summed E-state index contributed by atoms with van der Waals surface area (Å²) >= 11 is 0. The fraction of sp³-hybridized carbons (Fsp3) is 0.786. The van der Waals surface area contributed by atoms with Gasteiger partial charge in [-0.3, -0.25) is 4.79 Å². The number of nitrogens with one attached hydrogen (secondary N) is 1. The Morgan fingerprint density at radius 3 is 2.63 bits per heavy atom. The van der Waals surface area contributed by atoms with E-state index in [0.717, 1.165) is 38.0 Å². The zero-order valence-electron chi connectivity index (χ0n) is 11.6. The number of carbonyl (C=O) groups is 1. The van der Waals surface area contributed by atoms with Crippen LogP contribution in [0.15, 0.2) is 4.52 Å². The van der Waals surface area contributed by atoms with E-state index in [9.17, 15) is 4.79 Å². The molecule has 3 rings (SSSR count). The van der Waals surface area contributed by atoms with E-state index in [2.05, 4.69) is 22.4 Å². The van der Waals surface area contributed by atoms with E-state index in [1.54, 1.807) is 6.92 Å². The molecule has 2 fully saturated rings.